The molecular formula is C17H24ClNO3. The Balaban J connectivity index is 1.71. The number of rotatable bonds is 7. The van der Waals surface area contributed by atoms with E-state index >= 15 is 0 Å². The lowest BCUT2D eigenvalue weighted by Gasteiger charge is -2.33. The molecule has 1 amide bonds. The molecule has 0 bridgehead atoms. The number of halogens is 1. The van der Waals surface area contributed by atoms with Crippen LogP contribution in [-0.2, 0) is 20.7 Å². The van der Waals surface area contributed by atoms with Gasteiger partial charge >= 0.3 is 0 Å². The van der Waals surface area contributed by atoms with E-state index in [0.29, 0.717) is 32.7 Å². The lowest BCUT2D eigenvalue weighted by atomic mass is 10.1. The Morgan fingerprint density at radius 3 is 2.91 bits per heavy atom. The van der Waals surface area contributed by atoms with Crippen LogP contribution in [0.2, 0.25) is 5.02 Å². The molecule has 0 aliphatic carbocycles. The van der Waals surface area contributed by atoms with Crippen LogP contribution < -0.4 is 0 Å². The number of carbonyl (C=O) groups is 1. The van der Waals surface area contributed by atoms with Gasteiger partial charge in [0.05, 0.1) is 12.7 Å². The maximum atomic E-state index is 12.3. The number of hydrogen-bond donors (Lipinski definition) is 0. The van der Waals surface area contributed by atoms with Gasteiger partial charge in [0.15, 0.2) is 0 Å². The first-order chi connectivity index (χ1) is 10.7. The van der Waals surface area contributed by atoms with E-state index in [9.17, 15) is 4.79 Å². The second-order valence-electron chi connectivity index (χ2n) is 5.59. The minimum atomic E-state index is 0.105. The first-order valence-electron chi connectivity index (χ1n) is 7.82. The van der Waals surface area contributed by atoms with Crippen molar-refractivity contribution in [1.29, 1.82) is 0 Å². The molecule has 1 aliphatic rings. The molecular weight excluding hydrogens is 302 g/mol. The van der Waals surface area contributed by atoms with Crippen LogP contribution in [0.3, 0.4) is 0 Å². The standard InChI is InChI=1S/C17H24ClNO3/c1-21-11-9-16-13-19(10-12-22-16)17(20)4-2-3-14-5-7-15(18)8-6-14/h5-8,16H,2-4,9-13H2,1H3/t16-/m0/s1. The molecule has 0 spiro atoms. The lowest BCUT2D eigenvalue weighted by molar-refractivity contribution is -0.139. The number of hydrogen-bond acceptors (Lipinski definition) is 3. The van der Waals surface area contributed by atoms with Gasteiger partial charge in [-0.2, -0.15) is 0 Å². The SMILES string of the molecule is COCC[C@H]1CN(C(=O)CCCc2ccc(Cl)cc2)CCO1. The van der Waals surface area contributed by atoms with E-state index in [-0.39, 0.29) is 12.0 Å². The molecule has 0 aromatic heterocycles. The number of nitrogens with zero attached hydrogens (tertiary/aromatic N) is 1. The molecule has 4 nitrogen and oxygen atoms in total. The van der Waals surface area contributed by atoms with Crippen molar-refractivity contribution < 1.29 is 14.3 Å². The van der Waals surface area contributed by atoms with Crippen LogP contribution in [0.5, 0.6) is 0 Å². The Morgan fingerprint density at radius 2 is 2.18 bits per heavy atom. The van der Waals surface area contributed by atoms with Crippen molar-refractivity contribution in [3.05, 3.63) is 34.9 Å². The van der Waals surface area contributed by atoms with Gasteiger partial charge < -0.3 is 14.4 Å². The lowest BCUT2D eigenvalue weighted by Crippen LogP contribution is -2.45. The molecule has 1 saturated heterocycles. The maximum Gasteiger partial charge on any atom is 0.222 e. The summed E-state index contributed by atoms with van der Waals surface area (Å²) in [6.45, 7) is 2.67. The van der Waals surface area contributed by atoms with Crippen molar-refractivity contribution in [2.45, 2.75) is 31.8 Å². The molecule has 122 valence electrons. The summed E-state index contributed by atoms with van der Waals surface area (Å²) >= 11 is 5.87. The highest BCUT2D eigenvalue weighted by molar-refractivity contribution is 6.30. The predicted octanol–water partition coefficient (Wildman–Crippen LogP) is 2.93. The normalized spacial score (nSPS) is 18.5. The van der Waals surface area contributed by atoms with Gasteiger partial charge in [-0.25, -0.2) is 0 Å². The Bertz CT molecular complexity index is 463. The van der Waals surface area contributed by atoms with E-state index in [0.717, 1.165) is 24.3 Å². The Kier molecular flexibility index (Phi) is 7.16. The van der Waals surface area contributed by atoms with E-state index in [2.05, 4.69) is 0 Å². The highest BCUT2D eigenvalue weighted by Crippen LogP contribution is 2.14. The summed E-state index contributed by atoms with van der Waals surface area (Å²) in [5, 5.41) is 0.746. The zero-order valence-corrected chi connectivity index (χ0v) is 13.8. The average molecular weight is 326 g/mol. The second kappa shape index (κ2) is 9.13. The zero-order valence-electron chi connectivity index (χ0n) is 13.1. The number of ether oxygens (including phenoxy) is 2. The van der Waals surface area contributed by atoms with Crippen molar-refractivity contribution in [2.24, 2.45) is 0 Å². The smallest absolute Gasteiger partial charge is 0.222 e. The van der Waals surface area contributed by atoms with Crippen molar-refractivity contribution in [2.75, 3.05) is 33.4 Å². The molecule has 1 fully saturated rings. The molecule has 5 heteroatoms. The van der Waals surface area contributed by atoms with Gasteiger partial charge in [0.2, 0.25) is 5.91 Å². The quantitative estimate of drug-likeness (QED) is 0.773. The maximum absolute atomic E-state index is 12.3. The Labute approximate surface area is 137 Å². The first-order valence-corrected chi connectivity index (χ1v) is 8.19. The fraction of sp³-hybridized carbons (Fsp3) is 0.588. The predicted molar refractivity (Wildman–Crippen MR) is 87.2 cm³/mol. The van der Waals surface area contributed by atoms with E-state index in [1.807, 2.05) is 29.2 Å². The van der Waals surface area contributed by atoms with Crippen molar-refractivity contribution in [1.82, 2.24) is 4.90 Å². The molecule has 1 heterocycles. The highest BCUT2D eigenvalue weighted by atomic mass is 35.5. The van der Waals surface area contributed by atoms with Crippen molar-refractivity contribution in [3.63, 3.8) is 0 Å². The summed E-state index contributed by atoms with van der Waals surface area (Å²) in [7, 11) is 1.68. The Morgan fingerprint density at radius 1 is 1.41 bits per heavy atom. The first kappa shape index (κ1) is 17.3. The van der Waals surface area contributed by atoms with Crippen LogP contribution >= 0.6 is 11.6 Å². The number of benzene rings is 1. The number of amides is 1. The summed E-state index contributed by atoms with van der Waals surface area (Å²) in [4.78, 5) is 14.2. The number of morpholine rings is 1. The van der Waals surface area contributed by atoms with Crippen molar-refractivity contribution in [3.8, 4) is 0 Å². The molecule has 1 atom stereocenters. The Hall–Kier alpha value is -1.10. The summed E-state index contributed by atoms with van der Waals surface area (Å²) < 4.78 is 10.7. The van der Waals surface area contributed by atoms with Crippen molar-refractivity contribution >= 4 is 17.5 Å². The van der Waals surface area contributed by atoms with Gasteiger partial charge in [0.1, 0.15) is 0 Å². The van der Waals surface area contributed by atoms with E-state index in [1.165, 1.54) is 5.56 Å². The minimum absolute atomic E-state index is 0.105. The topological polar surface area (TPSA) is 38.8 Å². The summed E-state index contributed by atoms with van der Waals surface area (Å²) in [6.07, 6.45) is 3.29. The van der Waals surface area contributed by atoms with Crippen LogP contribution in [0, 0.1) is 0 Å². The fourth-order valence-corrected chi connectivity index (χ4v) is 2.75. The summed E-state index contributed by atoms with van der Waals surface area (Å²) in [5.41, 5.74) is 1.22. The third kappa shape index (κ3) is 5.59. The number of aryl methyl sites for hydroxylation is 1. The van der Waals surface area contributed by atoms with Gasteiger partial charge in [0.25, 0.3) is 0 Å². The third-order valence-electron chi connectivity index (χ3n) is 3.90. The van der Waals surface area contributed by atoms with Crippen LogP contribution in [0.4, 0.5) is 0 Å². The molecule has 1 aromatic rings. The zero-order chi connectivity index (χ0) is 15.8. The van der Waals surface area contributed by atoms with Crippen LogP contribution in [0.15, 0.2) is 24.3 Å². The summed E-state index contributed by atoms with van der Waals surface area (Å²) in [6, 6.07) is 7.81. The molecule has 1 aromatic carbocycles. The minimum Gasteiger partial charge on any atom is -0.385 e. The van der Waals surface area contributed by atoms with Gasteiger partial charge in [-0.1, -0.05) is 23.7 Å². The largest absolute Gasteiger partial charge is 0.385 e. The second-order valence-corrected chi connectivity index (χ2v) is 6.03. The molecule has 0 radical (unpaired) electrons. The van der Waals surface area contributed by atoms with E-state index in [4.69, 9.17) is 21.1 Å². The highest BCUT2D eigenvalue weighted by Gasteiger charge is 2.23. The van der Waals surface area contributed by atoms with E-state index < -0.39 is 0 Å². The van der Waals surface area contributed by atoms with Gasteiger partial charge in [-0.15, -0.1) is 0 Å². The monoisotopic (exact) mass is 325 g/mol. The van der Waals surface area contributed by atoms with Gasteiger partial charge in [0, 0.05) is 38.2 Å². The van der Waals surface area contributed by atoms with Gasteiger partial charge in [-0.3, -0.25) is 4.79 Å². The molecule has 0 N–H and O–H groups in total. The molecule has 0 saturated carbocycles. The fourth-order valence-electron chi connectivity index (χ4n) is 2.62. The van der Waals surface area contributed by atoms with Crippen LogP contribution in [0.1, 0.15) is 24.8 Å². The summed E-state index contributed by atoms with van der Waals surface area (Å²) in [5.74, 6) is 0.222. The van der Waals surface area contributed by atoms with Crippen LogP contribution in [0.25, 0.3) is 0 Å². The average Bonchev–Trinajstić information content (AvgIpc) is 2.55. The number of carbonyl (C=O) groups excluding carboxylic acids is 1. The molecule has 1 aliphatic heterocycles. The third-order valence-corrected chi connectivity index (χ3v) is 4.16. The molecule has 2 rings (SSSR count). The van der Waals surface area contributed by atoms with Gasteiger partial charge in [-0.05, 0) is 37.0 Å². The number of methoxy groups -OCH3 is 1. The molecule has 22 heavy (non-hydrogen) atoms. The molecule has 0 unspecified atom stereocenters. The van der Waals surface area contributed by atoms with Crippen LogP contribution in [-0.4, -0.2) is 50.3 Å². The van der Waals surface area contributed by atoms with E-state index in [1.54, 1.807) is 7.11 Å².